The quantitative estimate of drug-likeness (QED) is 0.753. The molecule has 0 atom stereocenters. The molecule has 3 heteroatoms. The van der Waals surface area contributed by atoms with Crippen molar-refractivity contribution in [1.82, 2.24) is 4.98 Å². The summed E-state index contributed by atoms with van der Waals surface area (Å²) in [5.74, 6) is 0. The standard InChI is InChI=1S/C7H9BrN2/c1-5-6(8)3-10-4-7(5)9-2/h3-4,9H,1-2H3. The molecule has 10 heavy (non-hydrogen) atoms. The van der Waals surface area contributed by atoms with Gasteiger partial charge in [-0.05, 0) is 28.4 Å². The molecule has 1 aromatic heterocycles. The molecule has 0 aliphatic heterocycles. The fourth-order valence-corrected chi connectivity index (χ4v) is 1.08. The zero-order valence-electron chi connectivity index (χ0n) is 5.98. The van der Waals surface area contributed by atoms with Crippen molar-refractivity contribution < 1.29 is 0 Å². The molecule has 1 N–H and O–H groups in total. The molecule has 0 amide bonds. The van der Waals surface area contributed by atoms with Crippen LogP contribution >= 0.6 is 15.9 Å². The van der Waals surface area contributed by atoms with Crippen molar-refractivity contribution >= 4 is 21.6 Å². The van der Waals surface area contributed by atoms with Gasteiger partial charge in [0.1, 0.15) is 0 Å². The Morgan fingerprint density at radius 1 is 1.50 bits per heavy atom. The molecule has 1 aromatic rings. The monoisotopic (exact) mass is 200 g/mol. The first-order chi connectivity index (χ1) is 4.75. The van der Waals surface area contributed by atoms with Crippen LogP contribution in [0.2, 0.25) is 0 Å². The lowest BCUT2D eigenvalue weighted by atomic mass is 10.2. The fourth-order valence-electron chi connectivity index (χ4n) is 0.752. The Labute approximate surface area is 68.8 Å². The summed E-state index contributed by atoms with van der Waals surface area (Å²) >= 11 is 3.38. The van der Waals surface area contributed by atoms with Crippen LogP contribution in [0.1, 0.15) is 5.56 Å². The molecule has 0 aliphatic rings. The van der Waals surface area contributed by atoms with E-state index in [1.54, 1.807) is 12.4 Å². The first-order valence-corrected chi connectivity index (χ1v) is 3.83. The number of anilines is 1. The number of halogens is 1. The third kappa shape index (κ3) is 1.29. The van der Waals surface area contributed by atoms with Gasteiger partial charge >= 0.3 is 0 Å². The summed E-state index contributed by atoms with van der Waals surface area (Å²) < 4.78 is 1.04. The largest absolute Gasteiger partial charge is 0.387 e. The van der Waals surface area contributed by atoms with Gasteiger partial charge in [-0.3, -0.25) is 4.98 Å². The zero-order valence-corrected chi connectivity index (χ0v) is 7.57. The van der Waals surface area contributed by atoms with E-state index in [4.69, 9.17) is 0 Å². The molecule has 0 radical (unpaired) electrons. The summed E-state index contributed by atoms with van der Waals surface area (Å²) in [6.07, 6.45) is 3.59. The van der Waals surface area contributed by atoms with Crippen molar-refractivity contribution in [3.63, 3.8) is 0 Å². The summed E-state index contributed by atoms with van der Waals surface area (Å²) in [5, 5.41) is 3.04. The average Bonchev–Trinajstić information content (AvgIpc) is 1.95. The second-order valence-electron chi connectivity index (χ2n) is 2.04. The minimum Gasteiger partial charge on any atom is -0.387 e. The number of pyridine rings is 1. The molecule has 1 heterocycles. The highest BCUT2D eigenvalue weighted by molar-refractivity contribution is 9.10. The van der Waals surface area contributed by atoms with E-state index in [1.807, 2.05) is 14.0 Å². The first kappa shape index (κ1) is 7.54. The van der Waals surface area contributed by atoms with E-state index in [1.165, 1.54) is 5.56 Å². The number of hydrogen-bond donors (Lipinski definition) is 1. The summed E-state index contributed by atoms with van der Waals surface area (Å²) in [6, 6.07) is 0. The van der Waals surface area contributed by atoms with Gasteiger partial charge < -0.3 is 5.32 Å². The highest BCUT2D eigenvalue weighted by Gasteiger charge is 1.98. The third-order valence-electron chi connectivity index (χ3n) is 1.42. The zero-order chi connectivity index (χ0) is 7.56. The minimum atomic E-state index is 1.04. The molecule has 0 fully saturated rings. The highest BCUT2D eigenvalue weighted by atomic mass is 79.9. The Balaban J connectivity index is 3.14. The summed E-state index contributed by atoms with van der Waals surface area (Å²) in [4.78, 5) is 4.01. The van der Waals surface area contributed by atoms with Crippen molar-refractivity contribution in [2.75, 3.05) is 12.4 Å². The normalized spacial score (nSPS) is 9.50. The predicted molar refractivity (Wildman–Crippen MR) is 46.2 cm³/mol. The molecule has 0 aromatic carbocycles. The molecule has 0 saturated carbocycles. The molecule has 0 bridgehead atoms. The molecule has 1 rings (SSSR count). The van der Waals surface area contributed by atoms with Crippen LogP contribution in [0.5, 0.6) is 0 Å². The van der Waals surface area contributed by atoms with E-state index in [2.05, 4.69) is 26.2 Å². The van der Waals surface area contributed by atoms with Gasteiger partial charge in [-0.15, -0.1) is 0 Å². The van der Waals surface area contributed by atoms with E-state index < -0.39 is 0 Å². The Bertz CT molecular complexity index is 235. The van der Waals surface area contributed by atoms with Gasteiger partial charge in [0.25, 0.3) is 0 Å². The van der Waals surface area contributed by atoms with Crippen LogP contribution in [-0.2, 0) is 0 Å². The molecule has 2 nitrogen and oxygen atoms in total. The van der Waals surface area contributed by atoms with Crippen LogP contribution < -0.4 is 5.32 Å². The number of nitrogens with zero attached hydrogens (tertiary/aromatic N) is 1. The number of hydrogen-bond acceptors (Lipinski definition) is 2. The van der Waals surface area contributed by atoms with E-state index in [9.17, 15) is 0 Å². The maximum absolute atomic E-state index is 4.01. The van der Waals surface area contributed by atoms with E-state index in [-0.39, 0.29) is 0 Å². The Kier molecular flexibility index (Phi) is 2.27. The highest BCUT2D eigenvalue weighted by Crippen LogP contribution is 2.20. The van der Waals surface area contributed by atoms with Crippen molar-refractivity contribution in [3.8, 4) is 0 Å². The smallest absolute Gasteiger partial charge is 0.0565 e. The van der Waals surface area contributed by atoms with E-state index in [0.29, 0.717) is 0 Å². The summed E-state index contributed by atoms with van der Waals surface area (Å²) in [7, 11) is 1.89. The van der Waals surface area contributed by atoms with Gasteiger partial charge in [0.05, 0.1) is 11.9 Å². The lowest BCUT2D eigenvalue weighted by Gasteiger charge is -2.03. The summed E-state index contributed by atoms with van der Waals surface area (Å²) in [6.45, 7) is 2.04. The molecule has 0 saturated heterocycles. The van der Waals surface area contributed by atoms with Crippen LogP contribution in [0.3, 0.4) is 0 Å². The third-order valence-corrected chi connectivity index (χ3v) is 2.22. The number of aromatic nitrogens is 1. The minimum absolute atomic E-state index is 1.04. The van der Waals surface area contributed by atoms with Crippen molar-refractivity contribution in [2.45, 2.75) is 6.92 Å². The van der Waals surface area contributed by atoms with Crippen molar-refractivity contribution in [2.24, 2.45) is 0 Å². The lowest BCUT2D eigenvalue weighted by molar-refractivity contribution is 1.24. The van der Waals surface area contributed by atoms with Crippen LogP contribution in [0.15, 0.2) is 16.9 Å². The van der Waals surface area contributed by atoms with Crippen LogP contribution in [-0.4, -0.2) is 12.0 Å². The maximum atomic E-state index is 4.01. The molecule has 54 valence electrons. The van der Waals surface area contributed by atoms with E-state index >= 15 is 0 Å². The Morgan fingerprint density at radius 2 is 2.20 bits per heavy atom. The first-order valence-electron chi connectivity index (χ1n) is 3.03. The number of nitrogens with one attached hydrogen (secondary N) is 1. The topological polar surface area (TPSA) is 24.9 Å². The van der Waals surface area contributed by atoms with Gasteiger partial charge in [-0.2, -0.15) is 0 Å². The molecular weight excluding hydrogens is 192 g/mol. The Hall–Kier alpha value is -0.570. The van der Waals surface area contributed by atoms with Crippen molar-refractivity contribution in [3.05, 3.63) is 22.4 Å². The molecule has 0 aliphatic carbocycles. The predicted octanol–water partition coefficient (Wildman–Crippen LogP) is 2.19. The molecular formula is C7H9BrN2. The summed E-state index contributed by atoms with van der Waals surface area (Å²) in [5.41, 5.74) is 2.26. The average molecular weight is 201 g/mol. The van der Waals surface area contributed by atoms with Gasteiger partial charge in [0.2, 0.25) is 0 Å². The fraction of sp³-hybridized carbons (Fsp3) is 0.286. The van der Waals surface area contributed by atoms with E-state index in [0.717, 1.165) is 10.2 Å². The second-order valence-corrected chi connectivity index (χ2v) is 2.90. The second kappa shape index (κ2) is 3.01. The number of rotatable bonds is 1. The Morgan fingerprint density at radius 3 is 2.70 bits per heavy atom. The van der Waals surface area contributed by atoms with Crippen LogP contribution in [0.25, 0.3) is 0 Å². The van der Waals surface area contributed by atoms with Gasteiger partial charge in [-0.1, -0.05) is 0 Å². The maximum Gasteiger partial charge on any atom is 0.0565 e. The lowest BCUT2D eigenvalue weighted by Crippen LogP contribution is -1.92. The van der Waals surface area contributed by atoms with Gasteiger partial charge in [-0.25, -0.2) is 0 Å². The molecule has 0 unspecified atom stereocenters. The van der Waals surface area contributed by atoms with Crippen LogP contribution in [0, 0.1) is 6.92 Å². The van der Waals surface area contributed by atoms with Gasteiger partial charge in [0.15, 0.2) is 0 Å². The van der Waals surface area contributed by atoms with Gasteiger partial charge in [0, 0.05) is 17.7 Å². The van der Waals surface area contributed by atoms with Crippen LogP contribution in [0.4, 0.5) is 5.69 Å². The molecule has 0 spiro atoms. The van der Waals surface area contributed by atoms with Crippen molar-refractivity contribution in [1.29, 1.82) is 0 Å². The SMILES string of the molecule is CNc1cncc(Br)c1C.